The minimum atomic E-state index is 0.279. The standard InChI is InChI=1S/C16H13IN2O/c1-10-9-18-14-8-13(17)15(20)7-12(14)16(10)19-11-5-3-2-4-6-11/h2-9,20H,1H3,(H,18,19). The fourth-order valence-corrected chi connectivity index (χ4v) is 2.58. The number of para-hydroxylation sites is 1. The van der Waals surface area contributed by atoms with E-state index < -0.39 is 0 Å². The first kappa shape index (κ1) is 13.2. The Kier molecular flexibility index (Phi) is 3.48. The number of benzene rings is 2. The number of phenolic OH excluding ortho intramolecular Hbond substituents is 1. The zero-order chi connectivity index (χ0) is 14.1. The fraction of sp³-hybridized carbons (Fsp3) is 0.0625. The molecule has 1 heterocycles. The molecule has 2 aromatic carbocycles. The Hall–Kier alpha value is -1.82. The molecule has 0 fully saturated rings. The van der Waals surface area contributed by atoms with Gasteiger partial charge in [-0.15, -0.1) is 0 Å². The second-order valence-corrected chi connectivity index (χ2v) is 5.79. The summed E-state index contributed by atoms with van der Waals surface area (Å²) in [5, 5.41) is 14.3. The highest BCUT2D eigenvalue weighted by atomic mass is 127. The molecule has 0 radical (unpaired) electrons. The molecule has 4 heteroatoms. The number of hydrogen-bond acceptors (Lipinski definition) is 3. The van der Waals surface area contributed by atoms with Gasteiger partial charge in [0.15, 0.2) is 0 Å². The van der Waals surface area contributed by atoms with Crippen LogP contribution in [0.4, 0.5) is 11.4 Å². The number of hydrogen-bond donors (Lipinski definition) is 2. The highest BCUT2D eigenvalue weighted by Gasteiger charge is 2.09. The van der Waals surface area contributed by atoms with Crippen LogP contribution in [0.25, 0.3) is 10.9 Å². The van der Waals surface area contributed by atoms with Crippen molar-refractivity contribution in [2.24, 2.45) is 0 Å². The number of anilines is 2. The van der Waals surface area contributed by atoms with Crippen LogP contribution in [0.5, 0.6) is 5.75 Å². The van der Waals surface area contributed by atoms with Crippen LogP contribution >= 0.6 is 22.6 Å². The van der Waals surface area contributed by atoms with Crippen molar-refractivity contribution < 1.29 is 5.11 Å². The third-order valence-electron chi connectivity index (χ3n) is 3.17. The summed E-state index contributed by atoms with van der Waals surface area (Å²) in [4.78, 5) is 4.43. The van der Waals surface area contributed by atoms with Crippen molar-refractivity contribution >= 4 is 44.9 Å². The van der Waals surface area contributed by atoms with E-state index in [0.29, 0.717) is 0 Å². The zero-order valence-corrected chi connectivity index (χ0v) is 13.0. The summed E-state index contributed by atoms with van der Waals surface area (Å²) in [5.74, 6) is 0.279. The number of halogens is 1. The van der Waals surface area contributed by atoms with Gasteiger partial charge in [0, 0.05) is 17.3 Å². The van der Waals surface area contributed by atoms with Gasteiger partial charge in [0.2, 0.25) is 0 Å². The van der Waals surface area contributed by atoms with Gasteiger partial charge in [-0.3, -0.25) is 4.98 Å². The van der Waals surface area contributed by atoms with E-state index >= 15 is 0 Å². The summed E-state index contributed by atoms with van der Waals surface area (Å²) < 4.78 is 0.803. The minimum Gasteiger partial charge on any atom is -0.507 e. The number of pyridine rings is 1. The average molecular weight is 376 g/mol. The van der Waals surface area contributed by atoms with Crippen LogP contribution in [0.2, 0.25) is 0 Å². The van der Waals surface area contributed by atoms with Crippen LogP contribution in [-0.4, -0.2) is 10.1 Å². The Morgan fingerprint density at radius 2 is 1.90 bits per heavy atom. The first-order valence-corrected chi connectivity index (χ1v) is 7.33. The lowest BCUT2D eigenvalue weighted by Crippen LogP contribution is -1.96. The average Bonchev–Trinajstić information content (AvgIpc) is 2.45. The number of fused-ring (bicyclic) bond motifs is 1. The molecule has 1 aromatic heterocycles. The normalized spacial score (nSPS) is 10.7. The second kappa shape index (κ2) is 5.28. The van der Waals surface area contributed by atoms with Gasteiger partial charge in [0.25, 0.3) is 0 Å². The van der Waals surface area contributed by atoms with Gasteiger partial charge < -0.3 is 10.4 Å². The summed E-state index contributed by atoms with van der Waals surface area (Å²) in [7, 11) is 0. The summed E-state index contributed by atoms with van der Waals surface area (Å²) in [6.45, 7) is 2.01. The van der Waals surface area contributed by atoms with E-state index in [1.165, 1.54) is 0 Å². The maximum absolute atomic E-state index is 9.94. The van der Waals surface area contributed by atoms with E-state index in [9.17, 15) is 5.11 Å². The van der Waals surface area contributed by atoms with Crippen LogP contribution in [-0.2, 0) is 0 Å². The number of aromatic nitrogens is 1. The van der Waals surface area contributed by atoms with Crippen molar-refractivity contribution in [1.29, 1.82) is 0 Å². The zero-order valence-electron chi connectivity index (χ0n) is 10.9. The molecule has 0 amide bonds. The van der Waals surface area contributed by atoms with Crippen molar-refractivity contribution in [2.75, 3.05) is 5.32 Å². The largest absolute Gasteiger partial charge is 0.507 e. The molecular formula is C16H13IN2O. The second-order valence-electron chi connectivity index (χ2n) is 4.63. The van der Waals surface area contributed by atoms with E-state index in [-0.39, 0.29) is 5.75 Å². The minimum absolute atomic E-state index is 0.279. The van der Waals surface area contributed by atoms with Gasteiger partial charge in [0.1, 0.15) is 5.75 Å². The number of rotatable bonds is 2. The number of aromatic hydroxyl groups is 1. The van der Waals surface area contributed by atoms with Crippen LogP contribution in [0, 0.1) is 10.5 Å². The first-order chi connectivity index (χ1) is 9.65. The molecule has 0 aliphatic heterocycles. The molecular weight excluding hydrogens is 363 g/mol. The van der Waals surface area contributed by atoms with Crippen LogP contribution < -0.4 is 5.32 Å². The molecule has 0 unspecified atom stereocenters. The summed E-state index contributed by atoms with van der Waals surface area (Å²) in [6.07, 6.45) is 1.85. The fourth-order valence-electron chi connectivity index (χ4n) is 2.13. The number of nitrogens with zero attached hydrogens (tertiary/aromatic N) is 1. The highest BCUT2D eigenvalue weighted by molar-refractivity contribution is 14.1. The van der Waals surface area contributed by atoms with Crippen molar-refractivity contribution in [3.63, 3.8) is 0 Å². The quantitative estimate of drug-likeness (QED) is 0.643. The molecule has 0 saturated carbocycles. The summed E-state index contributed by atoms with van der Waals surface area (Å²) in [5.41, 5.74) is 3.91. The number of phenols is 1. The van der Waals surface area contributed by atoms with Gasteiger partial charge in [-0.1, -0.05) is 18.2 Å². The van der Waals surface area contributed by atoms with E-state index in [2.05, 4.69) is 32.9 Å². The van der Waals surface area contributed by atoms with E-state index in [4.69, 9.17) is 0 Å². The maximum Gasteiger partial charge on any atom is 0.129 e. The number of nitrogens with one attached hydrogen (secondary N) is 1. The molecule has 2 N–H and O–H groups in total. The van der Waals surface area contributed by atoms with Gasteiger partial charge in [-0.2, -0.15) is 0 Å². The predicted molar refractivity (Wildman–Crippen MR) is 90.6 cm³/mol. The molecule has 0 aliphatic carbocycles. The molecule has 3 nitrogen and oxygen atoms in total. The lowest BCUT2D eigenvalue weighted by Gasteiger charge is -2.13. The Balaban J connectivity index is 2.18. The molecule has 0 aliphatic rings. The van der Waals surface area contributed by atoms with Gasteiger partial charge >= 0.3 is 0 Å². The SMILES string of the molecule is Cc1cnc2cc(I)c(O)cc2c1Nc1ccccc1. The Labute approximate surface area is 130 Å². The first-order valence-electron chi connectivity index (χ1n) is 6.25. The van der Waals surface area contributed by atoms with Crippen molar-refractivity contribution in [3.8, 4) is 5.75 Å². The van der Waals surface area contributed by atoms with E-state index in [0.717, 1.165) is 31.4 Å². The Bertz CT molecular complexity index is 772. The summed E-state index contributed by atoms with van der Waals surface area (Å²) in [6, 6.07) is 13.6. The predicted octanol–water partition coefficient (Wildman–Crippen LogP) is 4.60. The van der Waals surface area contributed by atoms with Crippen molar-refractivity contribution in [2.45, 2.75) is 6.92 Å². The molecule has 0 saturated heterocycles. The topological polar surface area (TPSA) is 45.2 Å². The third-order valence-corrected chi connectivity index (χ3v) is 4.03. The molecule has 3 rings (SSSR count). The number of aryl methyl sites for hydroxylation is 1. The Morgan fingerprint density at radius 3 is 2.65 bits per heavy atom. The highest BCUT2D eigenvalue weighted by Crippen LogP contribution is 2.33. The maximum atomic E-state index is 9.94. The molecule has 0 bridgehead atoms. The molecule has 0 spiro atoms. The monoisotopic (exact) mass is 376 g/mol. The third kappa shape index (κ3) is 2.43. The molecule has 0 atom stereocenters. The van der Waals surface area contributed by atoms with Gasteiger partial charge in [-0.05, 0) is 59.3 Å². The van der Waals surface area contributed by atoms with E-state index in [1.807, 2.05) is 49.5 Å². The van der Waals surface area contributed by atoms with Crippen LogP contribution in [0.1, 0.15) is 5.56 Å². The van der Waals surface area contributed by atoms with Gasteiger partial charge in [0.05, 0.1) is 14.8 Å². The lowest BCUT2D eigenvalue weighted by molar-refractivity contribution is 0.472. The van der Waals surface area contributed by atoms with Crippen molar-refractivity contribution in [1.82, 2.24) is 4.98 Å². The van der Waals surface area contributed by atoms with Crippen molar-refractivity contribution in [3.05, 3.63) is 57.8 Å². The van der Waals surface area contributed by atoms with Crippen LogP contribution in [0.15, 0.2) is 48.7 Å². The summed E-state index contributed by atoms with van der Waals surface area (Å²) >= 11 is 2.11. The van der Waals surface area contributed by atoms with Crippen LogP contribution in [0.3, 0.4) is 0 Å². The lowest BCUT2D eigenvalue weighted by atomic mass is 10.1. The van der Waals surface area contributed by atoms with E-state index in [1.54, 1.807) is 6.07 Å². The molecule has 3 aromatic rings. The smallest absolute Gasteiger partial charge is 0.129 e. The Morgan fingerprint density at radius 1 is 1.15 bits per heavy atom. The molecule has 20 heavy (non-hydrogen) atoms. The molecule has 100 valence electrons. The van der Waals surface area contributed by atoms with Gasteiger partial charge in [-0.25, -0.2) is 0 Å².